The van der Waals surface area contributed by atoms with Gasteiger partial charge in [-0.2, -0.15) is 0 Å². The number of piperidine rings is 1. The number of amides is 1. The number of halogens is 1. The number of rotatable bonds is 7. The Hall–Kier alpha value is -2.73. The van der Waals surface area contributed by atoms with Crippen molar-refractivity contribution in [3.8, 4) is 11.4 Å². The Morgan fingerprint density at radius 3 is 2.26 bits per heavy atom. The number of carbonyl (C=O) groups excluding carboxylic acids is 1. The summed E-state index contributed by atoms with van der Waals surface area (Å²) in [6.45, 7) is 12.9. The topological polar surface area (TPSA) is 52.2 Å². The first kappa shape index (κ1) is 28.3. The summed E-state index contributed by atoms with van der Waals surface area (Å²) in [6, 6.07) is 11.7. The van der Waals surface area contributed by atoms with Crippen LogP contribution >= 0.6 is 0 Å². The first-order valence-corrected chi connectivity index (χ1v) is 14.6. The first-order valence-electron chi connectivity index (χ1n) is 14.6. The molecule has 1 N–H and O–H groups in total. The molecule has 38 heavy (non-hydrogen) atoms. The molecule has 206 valence electrons. The van der Waals surface area contributed by atoms with E-state index in [-0.39, 0.29) is 11.7 Å². The molecule has 0 radical (unpaired) electrons. The van der Waals surface area contributed by atoms with Gasteiger partial charge in [0.1, 0.15) is 11.6 Å². The maximum Gasteiger partial charge on any atom is 0.225 e. The zero-order valence-corrected chi connectivity index (χ0v) is 23.7. The number of hydrogen-bond acceptors (Lipinski definition) is 3. The van der Waals surface area contributed by atoms with Crippen molar-refractivity contribution >= 4 is 16.9 Å². The molecule has 5 nitrogen and oxygen atoms in total. The predicted octanol–water partition coefficient (Wildman–Crippen LogP) is 7.28. The highest BCUT2D eigenvalue weighted by molar-refractivity contribution is 5.80. The van der Waals surface area contributed by atoms with Gasteiger partial charge in [0.15, 0.2) is 0 Å². The van der Waals surface area contributed by atoms with Crippen LogP contribution in [0.2, 0.25) is 0 Å². The molecule has 0 atom stereocenters. The quantitative estimate of drug-likeness (QED) is 0.356. The number of aryl methyl sites for hydroxylation is 2. The fourth-order valence-corrected chi connectivity index (χ4v) is 5.98. The molecule has 2 aromatic carbocycles. The Labute approximate surface area is 227 Å². The van der Waals surface area contributed by atoms with E-state index in [1.807, 2.05) is 32.0 Å². The van der Waals surface area contributed by atoms with Crippen molar-refractivity contribution < 1.29 is 9.18 Å². The smallest absolute Gasteiger partial charge is 0.225 e. The molecule has 0 unspecified atom stereocenters. The molecule has 1 amide bonds. The molecule has 2 saturated heterocycles. The number of hydrogen-bond donors (Lipinski definition) is 1. The van der Waals surface area contributed by atoms with E-state index in [0.717, 1.165) is 67.0 Å². The molecule has 3 heterocycles. The third-order valence-electron chi connectivity index (χ3n) is 8.07. The second-order valence-electron chi connectivity index (χ2n) is 11.2. The van der Waals surface area contributed by atoms with E-state index in [9.17, 15) is 9.18 Å². The molecule has 2 fully saturated rings. The maximum absolute atomic E-state index is 13.8. The van der Waals surface area contributed by atoms with Gasteiger partial charge in [0.05, 0.1) is 16.6 Å². The van der Waals surface area contributed by atoms with Crippen molar-refractivity contribution in [3.05, 3.63) is 53.3 Å². The SMILES string of the molecule is CCCC(CCC)C(=O)N1CCC(N2CCCC2)CC1.Cc1ccc(F)c(-c2nc3ccc(C)cc3[nH]2)c1. The maximum atomic E-state index is 13.8. The summed E-state index contributed by atoms with van der Waals surface area (Å²) in [4.78, 5) is 25.0. The second-order valence-corrected chi connectivity index (χ2v) is 11.2. The van der Waals surface area contributed by atoms with Gasteiger partial charge in [-0.05, 0) is 95.3 Å². The number of nitrogens with zero attached hydrogens (tertiary/aromatic N) is 3. The molecular weight excluding hydrogens is 475 g/mol. The van der Waals surface area contributed by atoms with Gasteiger partial charge in [-0.15, -0.1) is 0 Å². The highest BCUT2D eigenvalue weighted by atomic mass is 19.1. The normalized spacial score (nSPS) is 16.7. The van der Waals surface area contributed by atoms with Gasteiger partial charge in [-0.3, -0.25) is 4.79 Å². The fraction of sp³-hybridized carbons (Fsp3) is 0.562. The molecular formula is C32H45FN4O. The number of likely N-dealkylation sites (tertiary alicyclic amines) is 2. The largest absolute Gasteiger partial charge is 0.342 e. The van der Waals surface area contributed by atoms with E-state index < -0.39 is 0 Å². The average molecular weight is 521 g/mol. The number of fused-ring (bicyclic) bond motifs is 1. The van der Waals surface area contributed by atoms with E-state index >= 15 is 0 Å². The van der Waals surface area contributed by atoms with E-state index in [1.54, 1.807) is 12.1 Å². The van der Waals surface area contributed by atoms with Crippen molar-refractivity contribution in [1.29, 1.82) is 0 Å². The lowest BCUT2D eigenvalue weighted by Gasteiger charge is -2.38. The summed E-state index contributed by atoms with van der Waals surface area (Å²) < 4.78 is 13.8. The number of aromatic nitrogens is 2. The number of aromatic amines is 1. The lowest BCUT2D eigenvalue weighted by atomic mass is 9.94. The van der Waals surface area contributed by atoms with Gasteiger partial charge in [-0.1, -0.05) is 44.4 Å². The van der Waals surface area contributed by atoms with Crippen LogP contribution in [0.25, 0.3) is 22.4 Å². The molecule has 0 bridgehead atoms. The van der Waals surface area contributed by atoms with Crippen LogP contribution in [0.4, 0.5) is 4.39 Å². The van der Waals surface area contributed by atoms with Crippen LogP contribution in [0.3, 0.4) is 0 Å². The summed E-state index contributed by atoms with van der Waals surface area (Å²) in [5.41, 5.74) is 4.48. The minimum absolute atomic E-state index is 0.253. The Balaban J connectivity index is 0.000000178. The van der Waals surface area contributed by atoms with Gasteiger partial charge in [0.2, 0.25) is 5.91 Å². The van der Waals surface area contributed by atoms with Crippen LogP contribution in [0, 0.1) is 25.6 Å². The standard InChI is InChI=1S/C17H32N2O.C15H13FN2/c1-3-7-15(8-4-2)17(20)19-13-9-16(10-14-19)18-11-5-6-12-18;1-9-3-5-12(16)11(7-9)15-17-13-6-4-10(2)8-14(13)18-15/h15-16H,3-14H2,1-2H3;3-8H,1-2H3,(H,17,18). The minimum Gasteiger partial charge on any atom is -0.342 e. The third-order valence-corrected chi connectivity index (χ3v) is 8.07. The van der Waals surface area contributed by atoms with Crippen molar-refractivity contribution in [1.82, 2.24) is 19.8 Å². The van der Waals surface area contributed by atoms with Gasteiger partial charge >= 0.3 is 0 Å². The van der Waals surface area contributed by atoms with Crippen molar-refractivity contribution in [2.24, 2.45) is 5.92 Å². The molecule has 2 aliphatic heterocycles. The average Bonchev–Trinajstić information content (AvgIpc) is 3.60. The predicted molar refractivity (Wildman–Crippen MR) is 155 cm³/mol. The number of carbonyl (C=O) groups is 1. The Morgan fingerprint density at radius 1 is 0.974 bits per heavy atom. The highest BCUT2D eigenvalue weighted by Gasteiger charge is 2.30. The second kappa shape index (κ2) is 13.4. The first-order chi connectivity index (χ1) is 18.4. The lowest BCUT2D eigenvalue weighted by molar-refractivity contribution is -0.137. The highest BCUT2D eigenvalue weighted by Crippen LogP contribution is 2.25. The van der Waals surface area contributed by atoms with Crippen molar-refractivity contribution in [2.75, 3.05) is 26.2 Å². The number of imidazole rings is 1. The van der Waals surface area contributed by atoms with Crippen LogP contribution in [-0.4, -0.2) is 57.9 Å². The summed E-state index contributed by atoms with van der Waals surface area (Å²) >= 11 is 0. The van der Waals surface area contributed by atoms with Crippen molar-refractivity contribution in [2.45, 2.75) is 85.1 Å². The number of nitrogens with one attached hydrogen (secondary N) is 1. The molecule has 2 aliphatic rings. The van der Waals surface area contributed by atoms with Crippen LogP contribution in [0.15, 0.2) is 36.4 Å². The van der Waals surface area contributed by atoms with E-state index in [1.165, 1.54) is 44.8 Å². The number of benzene rings is 2. The van der Waals surface area contributed by atoms with Crippen LogP contribution in [-0.2, 0) is 4.79 Å². The van der Waals surface area contributed by atoms with E-state index in [0.29, 0.717) is 17.3 Å². The van der Waals surface area contributed by atoms with E-state index in [2.05, 4.69) is 33.6 Å². The Kier molecular flexibility index (Phi) is 9.95. The summed E-state index contributed by atoms with van der Waals surface area (Å²) in [5.74, 6) is 1.05. The Morgan fingerprint density at radius 2 is 1.61 bits per heavy atom. The minimum atomic E-state index is -0.253. The van der Waals surface area contributed by atoms with Gasteiger partial charge in [0.25, 0.3) is 0 Å². The Bertz CT molecular complexity index is 1190. The fourth-order valence-electron chi connectivity index (χ4n) is 5.98. The monoisotopic (exact) mass is 520 g/mol. The molecule has 3 aromatic rings. The lowest BCUT2D eigenvalue weighted by Crippen LogP contribution is -2.47. The molecule has 0 saturated carbocycles. The van der Waals surface area contributed by atoms with Crippen LogP contribution in [0.5, 0.6) is 0 Å². The molecule has 0 aliphatic carbocycles. The molecule has 6 heteroatoms. The zero-order chi connectivity index (χ0) is 27.1. The van der Waals surface area contributed by atoms with Crippen molar-refractivity contribution in [3.63, 3.8) is 0 Å². The van der Waals surface area contributed by atoms with Gasteiger partial charge < -0.3 is 14.8 Å². The van der Waals surface area contributed by atoms with Gasteiger partial charge in [0, 0.05) is 25.0 Å². The summed E-state index contributed by atoms with van der Waals surface area (Å²) in [7, 11) is 0. The molecule has 0 spiro atoms. The molecule has 5 rings (SSSR count). The van der Waals surface area contributed by atoms with Crippen LogP contribution < -0.4 is 0 Å². The third kappa shape index (κ3) is 7.02. The van der Waals surface area contributed by atoms with E-state index in [4.69, 9.17) is 0 Å². The summed E-state index contributed by atoms with van der Waals surface area (Å²) in [6.07, 6.45) is 9.51. The molecule has 1 aromatic heterocycles. The zero-order valence-electron chi connectivity index (χ0n) is 23.7. The number of H-pyrrole nitrogens is 1. The summed E-state index contributed by atoms with van der Waals surface area (Å²) in [5, 5.41) is 0. The van der Waals surface area contributed by atoms with Gasteiger partial charge in [-0.25, -0.2) is 9.37 Å². The van der Waals surface area contributed by atoms with Crippen LogP contribution in [0.1, 0.15) is 76.3 Å².